The van der Waals surface area contributed by atoms with Gasteiger partial charge in [-0.3, -0.25) is 14.8 Å². The van der Waals surface area contributed by atoms with Gasteiger partial charge in [-0.2, -0.15) is 0 Å². The minimum Gasteiger partial charge on any atom is -0.396 e. The first-order chi connectivity index (χ1) is 13.8. The number of rotatable bonds is 7. The van der Waals surface area contributed by atoms with Crippen molar-refractivity contribution in [2.24, 2.45) is 0 Å². The average molecular weight is 377 g/mol. The molecule has 1 aromatic carbocycles. The van der Waals surface area contributed by atoms with Gasteiger partial charge in [0.1, 0.15) is 0 Å². The first-order valence-corrected chi connectivity index (χ1v) is 10.0. The first-order valence-electron chi connectivity index (χ1n) is 10.0. The molecule has 28 heavy (non-hydrogen) atoms. The molecule has 2 aromatic heterocycles. The van der Waals surface area contributed by atoms with Crippen molar-refractivity contribution in [3.05, 3.63) is 84.4 Å². The third kappa shape index (κ3) is 4.50. The zero-order valence-electron chi connectivity index (χ0n) is 16.2. The van der Waals surface area contributed by atoms with Gasteiger partial charge < -0.3 is 9.67 Å². The number of hydrogen-bond acceptors (Lipinski definition) is 4. The van der Waals surface area contributed by atoms with E-state index < -0.39 is 0 Å². The Hall–Kier alpha value is -2.47. The van der Waals surface area contributed by atoms with Gasteiger partial charge in [0.05, 0.1) is 11.9 Å². The minimum absolute atomic E-state index is 0.232. The highest BCUT2D eigenvalue weighted by molar-refractivity contribution is 5.32. The second kappa shape index (κ2) is 9.15. The molecule has 0 unspecified atom stereocenters. The van der Waals surface area contributed by atoms with Crippen molar-refractivity contribution >= 4 is 0 Å². The number of aliphatic hydroxyl groups is 1. The molecule has 1 aliphatic heterocycles. The predicted molar refractivity (Wildman–Crippen MR) is 111 cm³/mol. The Bertz CT molecular complexity index is 849. The third-order valence-electron chi connectivity index (χ3n) is 5.52. The molecule has 0 radical (unpaired) electrons. The van der Waals surface area contributed by atoms with Crippen LogP contribution in [0.2, 0.25) is 0 Å². The van der Waals surface area contributed by atoms with Gasteiger partial charge in [0.2, 0.25) is 0 Å². The molecule has 0 amide bonds. The van der Waals surface area contributed by atoms with Gasteiger partial charge in [0, 0.05) is 63.5 Å². The molecule has 0 aliphatic carbocycles. The summed E-state index contributed by atoms with van der Waals surface area (Å²) < 4.78 is 2.21. The van der Waals surface area contributed by atoms with Crippen LogP contribution in [0.15, 0.2) is 73.2 Å². The van der Waals surface area contributed by atoms with Crippen molar-refractivity contribution in [3.63, 3.8) is 0 Å². The number of piperazine rings is 1. The Morgan fingerprint density at radius 3 is 2.64 bits per heavy atom. The van der Waals surface area contributed by atoms with E-state index in [1.54, 1.807) is 6.20 Å². The van der Waals surface area contributed by atoms with Gasteiger partial charge in [0.15, 0.2) is 0 Å². The topological polar surface area (TPSA) is 44.5 Å². The predicted octanol–water partition coefficient (Wildman–Crippen LogP) is 2.94. The molecule has 1 saturated heterocycles. The van der Waals surface area contributed by atoms with E-state index in [-0.39, 0.29) is 6.61 Å². The van der Waals surface area contributed by atoms with Gasteiger partial charge in [-0.15, -0.1) is 0 Å². The minimum atomic E-state index is 0.232. The highest BCUT2D eigenvalue weighted by Crippen LogP contribution is 2.20. The van der Waals surface area contributed by atoms with Crippen molar-refractivity contribution < 1.29 is 5.11 Å². The smallest absolute Gasteiger partial charge is 0.0636 e. The summed E-state index contributed by atoms with van der Waals surface area (Å²) in [4.78, 5) is 9.27. The molecule has 5 nitrogen and oxygen atoms in total. The van der Waals surface area contributed by atoms with Gasteiger partial charge in [-0.1, -0.05) is 30.3 Å². The van der Waals surface area contributed by atoms with Crippen molar-refractivity contribution in [1.82, 2.24) is 19.4 Å². The normalized spacial score (nSPS) is 18.4. The maximum Gasteiger partial charge on any atom is 0.0636 e. The number of hydrogen-bond donors (Lipinski definition) is 1. The molecule has 0 saturated carbocycles. The SMILES string of the molecule is OCC[C@H]1CN(Cc2cccn2-c2cccnc2)CCN1Cc1ccccc1. The lowest BCUT2D eigenvalue weighted by Crippen LogP contribution is -2.52. The molecular formula is C23H28N4O. The lowest BCUT2D eigenvalue weighted by molar-refractivity contribution is 0.0492. The summed E-state index contributed by atoms with van der Waals surface area (Å²) in [7, 11) is 0. The Morgan fingerprint density at radius 1 is 0.964 bits per heavy atom. The largest absolute Gasteiger partial charge is 0.396 e. The highest BCUT2D eigenvalue weighted by atomic mass is 16.3. The molecule has 4 rings (SSSR count). The second-order valence-electron chi connectivity index (χ2n) is 7.44. The van der Waals surface area contributed by atoms with Crippen LogP contribution in [-0.4, -0.2) is 56.7 Å². The van der Waals surface area contributed by atoms with Crippen LogP contribution in [0.4, 0.5) is 0 Å². The van der Waals surface area contributed by atoms with Gasteiger partial charge >= 0.3 is 0 Å². The van der Waals surface area contributed by atoms with E-state index in [9.17, 15) is 5.11 Å². The highest BCUT2D eigenvalue weighted by Gasteiger charge is 2.27. The molecule has 1 fully saturated rings. The zero-order valence-corrected chi connectivity index (χ0v) is 16.2. The van der Waals surface area contributed by atoms with E-state index in [1.165, 1.54) is 11.3 Å². The Kier molecular flexibility index (Phi) is 6.17. The third-order valence-corrected chi connectivity index (χ3v) is 5.52. The summed E-state index contributed by atoms with van der Waals surface area (Å²) in [5, 5.41) is 9.58. The standard InChI is InChI=1S/C23H28N4O/c28-15-10-22-18-25(13-14-26(22)17-20-6-2-1-3-7-20)19-23-9-5-12-27(23)21-8-4-11-24-16-21/h1-9,11-12,16,22,28H,10,13-15,17-19H2/t22-/m0/s1. The van der Waals surface area contributed by atoms with E-state index in [0.717, 1.165) is 44.8 Å². The van der Waals surface area contributed by atoms with Crippen LogP contribution in [0.3, 0.4) is 0 Å². The van der Waals surface area contributed by atoms with Crippen LogP contribution >= 0.6 is 0 Å². The zero-order chi connectivity index (χ0) is 19.2. The summed E-state index contributed by atoms with van der Waals surface area (Å²) in [6.07, 6.45) is 6.62. The van der Waals surface area contributed by atoms with Crippen LogP contribution in [-0.2, 0) is 13.1 Å². The van der Waals surface area contributed by atoms with Crippen molar-refractivity contribution in [1.29, 1.82) is 0 Å². The number of aliphatic hydroxyl groups excluding tert-OH is 1. The summed E-state index contributed by atoms with van der Waals surface area (Å²) in [6.45, 7) is 5.12. The fourth-order valence-corrected chi connectivity index (χ4v) is 4.07. The second-order valence-corrected chi connectivity index (χ2v) is 7.44. The number of nitrogens with zero attached hydrogens (tertiary/aromatic N) is 4. The molecule has 1 N–H and O–H groups in total. The van der Waals surface area contributed by atoms with Gasteiger partial charge in [0.25, 0.3) is 0 Å². The number of aromatic nitrogens is 2. The van der Waals surface area contributed by atoms with Gasteiger partial charge in [-0.25, -0.2) is 0 Å². The summed E-state index contributed by atoms with van der Waals surface area (Å²) in [5.41, 5.74) is 3.70. The van der Waals surface area contributed by atoms with E-state index in [4.69, 9.17) is 0 Å². The average Bonchev–Trinajstić information content (AvgIpc) is 3.20. The monoisotopic (exact) mass is 376 g/mol. The molecule has 0 bridgehead atoms. The lowest BCUT2D eigenvalue weighted by Gasteiger charge is -2.41. The van der Waals surface area contributed by atoms with Crippen molar-refractivity contribution in [3.8, 4) is 5.69 Å². The van der Waals surface area contributed by atoms with E-state index >= 15 is 0 Å². The fraction of sp³-hybridized carbons (Fsp3) is 0.348. The maximum atomic E-state index is 9.58. The van der Waals surface area contributed by atoms with Gasteiger partial charge in [-0.05, 0) is 36.2 Å². The maximum absolute atomic E-state index is 9.58. The number of pyridine rings is 1. The Labute approximate surface area is 166 Å². The summed E-state index contributed by atoms with van der Waals surface area (Å²) >= 11 is 0. The molecule has 3 aromatic rings. The Morgan fingerprint density at radius 2 is 1.86 bits per heavy atom. The van der Waals surface area contributed by atoms with Crippen LogP contribution in [0.5, 0.6) is 0 Å². The van der Waals surface area contributed by atoms with E-state index in [2.05, 4.69) is 74.1 Å². The quantitative estimate of drug-likeness (QED) is 0.689. The number of benzene rings is 1. The fourth-order valence-electron chi connectivity index (χ4n) is 4.07. The first kappa shape index (κ1) is 18.9. The molecule has 1 aliphatic rings. The van der Waals surface area contributed by atoms with Crippen LogP contribution in [0.25, 0.3) is 5.69 Å². The lowest BCUT2D eigenvalue weighted by atomic mass is 10.1. The molecule has 5 heteroatoms. The molecule has 146 valence electrons. The van der Waals surface area contributed by atoms with Crippen LogP contribution in [0, 0.1) is 0 Å². The summed E-state index contributed by atoms with van der Waals surface area (Å²) in [6, 6.07) is 19.3. The molecule has 0 spiro atoms. The van der Waals surface area contributed by atoms with E-state index in [1.807, 2.05) is 12.3 Å². The molecular weight excluding hydrogens is 348 g/mol. The summed E-state index contributed by atoms with van der Waals surface area (Å²) in [5.74, 6) is 0. The van der Waals surface area contributed by atoms with E-state index in [0.29, 0.717) is 6.04 Å². The Balaban J connectivity index is 1.43. The molecule has 1 atom stereocenters. The van der Waals surface area contributed by atoms with Crippen molar-refractivity contribution in [2.75, 3.05) is 26.2 Å². The van der Waals surface area contributed by atoms with Crippen LogP contribution < -0.4 is 0 Å². The van der Waals surface area contributed by atoms with Crippen molar-refractivity contribution in [2.45, 2.75) is 25.6 Å². The molecule has 3 heterocycles. The van der Waals surface area contributed by atoms with Crippen LogP contribution in [0.1, 0.15) is 17.7 Å².